The van der Waals surface area contributed by atoms with Crippen LogP contribution in [0.2, 0.25) is 0 Å². The smallest absolute Gasteiger partial charge is 0.143 e. The van der Waals surface area contributed by atoms with Crippen LogP contribution in [0.3, 0.4) is 0 Å². The molecule has 0 aromatic heterocycles. The highest BCUT2D eigenvalue weighted by molar-refractivity contribution is 8.00. The molecule has 1 nitrogen and oxygen atoms in total. The predicted molar refractivity (Wildman–Crippen MR) is 61.6 cm³/mol. The highest BCUT2D eigenvalue weighted by atomic mass is 32.2. The van der Waals surface area contributed by atoms with Gasteiger partial charge in [-0.2, -0.15) is 0 Å². The lowest BCUT2D eigenvalue weighted by atomic mass is 10.1. The van der Waals surface area contributed by atoms with Crippen molar-refractivity contribution >= 4 is 17.5 Å². The van der Waals surface area contributed by atoms with Gasteiger partial charge in [-0.05, 0) is 18.1 Å². The number of hydrogen-bond donors (Lipinski definition) is 0. The minimum absolute atomic E-state index is 0.342. The summed E-state index contributed by atoms with van der Waals surface area (Å²) in [4.78, 5) is 12.6. The van der Waals surface area contributed by atoms with Gasteiger partial charge in [-0.1, -0.05) is 32.0 Å². The van der Waals surface area contributed by atoms with Crippen molar-refractivity contribution in [2.75, 3.05) is 5.75 Å². The van der Waals surface area contributed by atoms with E-state index in [1.165, 1.54) is 4.90 Å². The Morgan fingerprint density at radius 3 is 2.50 bits per heavy atom. The van der Waals surface area contributed by atoms with Gasteiger partial charge in [0.25, 0.3) is 0 Å². The summed E-state index contributed by atoms with van der Waals surface area (Å²) in [5.41, 5.74) is 0. The molecule has 1 aromatic rings. The van der Waals surface area contributed by atoms with Crippen LogP contribution in [0.25, 0.3) is 0 Å². The van der Waals surface area contributed by atoms with Crippen LogP contribution in [0.15, 0.2) is 35.2 Å². The summed E-state index contributed by atoms with van der Waals surface area (Å²) in [5.74, 6) is 1.41. The zero-order chi connectivity index (χ0) is 10.4. The second kappa shape index (κ2) is 5.86. The van der Waals surface area contributed by atoms with Crippen LogP contribution in [0.5, 0.6) is 0 Å². The maximum Gasteiger partial charge on any atom is 0.143 e. The highest BCUT2D eigenvalue weighted by Gasteiger charge is 2.05. The summed E-state index contributed by atoms with van der Waals surface area (Å²) in [7, 11) is 0. The molecule has 0 atom stereocenters. The third-order valence-electron chi connectivity index (χ3n) is 1.78. The highest BCUT2D eigenvalue weighted by Crippen LogP contribution is 2.17. The fraction of sp³-hybridized carbons (Fsp3) is 0.417. The molecule has 0 aliphatic rings. The summed E-state index contributed by atoms with van der Waals surface area (Å²) in [6.07, 6.45) is 0.694. The van der Waals surface area contributed by atoms with Crippen LogP contribution >= 0.6 is 11.8 Å². The average Bonchev–Trinajstić information content (AvgIpc) is 2.15. The molecule has 0 aliphatic heterocycles. The molecular formula is C12H16OS. The third-order valence-corrected chi connectivity index (χ3v) is 2.85. The maximum absolute atomic E-state index is 11.4. The first kappa shape index (κ1) is 11.3. The predicted octanol–water partition coefficient (Wildman–Crippen LogP) is 3.39. The summed E-state index contributed by atoms with van der Waals surface area (Å²) in [6.45, 7) is 4.15. The first-order chi connectivity index (χ1) is 6.68. The van der Waals surface area contributed by atoms with E-state index >= 15 is 0 Å². The van der Waals surface area contributed by atoms with Crippen molar-refractivity contribution in [3.8, 4) is 0 Å². The number of hydrogen-bond acceptors (Lipinski definition) is 2. The monoisotopic (exact) mass is 208 g/mol. The van der Waals surface area contributed by atoms with Crippen molar-refractivity contribution in [2.45, 2.75) is 25.2 Å². The summed E-state index contributed by atoms with van der Waals surface area (Å²) in [6, 6.07) is 10.0. The Morgan fingerprint density at radius 2 is 1.93 bits per heavy atom. The number of benzene rings is 1. The topological polar surface area (TPSA) is 17.1 Å². The molecule has 1 rings (SSSR count). The second-order valence-corrected chi connectivity index (χ2v) is 4.79. The molecule has 14 heavy (non-hydrogen) atoms. The van der Waals surface area contributed by atoms with E-state index in [2.05, 4.69) is 13.8 Å². The maximum atomic E-state index is 11.4. The number of carbonyl (C=O) groups is 1. The first-order valence-corrected chi connectivity index (χ1v) is 5.86. The molecule has 0 fully saturated rings. The lowest BCUT2D eigenvalue weighted by molar-refractivity contribution is -0.117. The van der Waals surface area contributed by atoms with Crippen molar-refractivity contribution in [2.24, 2.45) is 5.92 Å². The fourth-order valence-electron chi connectivity index (χ4n) is 1.19. The first-order valence-electron chi connectivity index (χ1n) is 4.88. The number of ketones is 1. The quantitative estimate of drug-likeness (QED) is 0.690. The van der Waals surface area contributed by atoms with Gasteiger partial charge in [0.05, 0.1) is 5.75 Å². The molecule has 0 spiro atoms. The van der Waals surface area contributed by atoms with Gasteiger partial charge >= 0.3 is 0 Å². The lowest BCUT2D eigenvalue weighted by Crippen LogP contribution is -2.05. The Bertz CT molecular complexity index is 280. The van der Waals surface area contributed by atoms with Crippen molar-refractivity contribution in [1.29, 1.82) is 0 Å². The fourth-order valence-corrected chi connectivity index (χ4v) is 1.99. The SMILES string of the molecule is CC(C)CC(=O)CSc1ccccc1. The minimum atomic E-state index is 0.342. The lowest BCUT2D eigenvalue weighted by Gasteiger charge is -2.03. The molecule has 0 heterocycles. The van der Waals surface area contributed by atoms with E-state index in [0.717, 1.165) is 0 Å². The van der Waals surface area contributed by atoms with Gasteiger partial charge in [-0.15, -0.1) is 11.8 Å². The van der Waals surface area contributed by atoms with E-state index in [9.17, 15) is 4.79 Å². The number of thioether (sulfide) groups is 1. The Hall–Kier alpha value is -0.760. The summed E-state index contributed by atoms with van der Waals surface area (Å²) in [5, 5.41) is 0. The van der Waals surface area contributed by atoms with Gasteiger partial charge in [0.15, 0.2) is 0 Å². The van der Waals surface area contributed by atoms with Gasteiger partial charge in [-0.25, -0.2) is 0 Å². The molecule has 0 N–H and O–H groups in total. The van der Waals surface area contributed by atoms with E-state index in [1.807, 2.05) is 30.3 Å². The van der Waals surface area contributed by atoms with E-state index in [1.54, 1.807) is 11.8 Å². The van der Waals surface area contributed by atoms with Gasteiger partial charge < -0.3 is 0 Å². The summed E-state index contributed by atoms with van der Waals surface area (Å²) < 4.78 is 0. The third kappa shape index (κ3) is 4.47. The normalized spacial score (nSPS) is 10.5. The van der Waals surface area contributed by atoms with Gasteiger partial charge in [0.2, 0.25) is 0 Å². The Balaban J connectivity index is 2.31. The average molecular weight is 208 g/mol. The van der Waals surface area contributed by atoms with Crippen LogP contribution < -0.4 is 0 Å². The summed E-state index contributed by atoms with van der Waals surface area (Å²) >= 11 is 1.62. The van der Waals surface area contributed by atoms with Crippen LogP contribution in [0.1, 0.15) is 20.3 Å². The number of Topliss-reactive ketones (excluding diaryl/α,β-unsaturated/α-hetero) is 1. The van der Waals surface area contributed by atoms with Crippen molar-refractivity contribution in [3.05, 3.63) is 30.3 Å². The van der Waals surface area contributed by atoms with Gasteiger partial charge in [0.1, 0.15) is 5.78 Å². The van der Waals surface area contributed by atoms with Crippen LogP contribution in [-0.2, 0) is 4.79 Å². The molecule has 0 amide bonds. The van der Waals surface area contributed by atoms with Crippen LogP contribution in [0.4, 0.5) is 0 Å². The van der Waals surface area contributed by atoms with E-state index in [0.29, 0.717) is 23.9 Å². The zero-order valence-electron chi connectivity index (χ0n) is 8.69. The van der Waals surface area contributed by atoms with Crippen LogP contribution in [0, 0.1) is 5.92 Å². The number of carbonyl (C=O) groups excluding carboxylic acids is 1. The number of rotatable bonds is 5. The van der Waals surface area contributed by atoms with Crippen molar-refractivity contribution in [1.82, 2.24) is 0 Å². The van der Waals surface area contributed by atoms with E-state index < -0.39 is 0 Å². The Morgan fingerprint density at radius 1 is 1.29 bits per heavy atom. The largest absolute Gasteiger partial charge is 0.299 e. The Kier molecular flexibility index (Phi) is 4.74. The van der Waals surface area contributed by atoms with Gasteiger partial charge in [-0.3, -0.25) is 4.79 Å². The van der Waals surface area contributed by atoms with Crippen molar-refractivity contribution < 1.29 is 4.79 Å². The van der Waals surface area contributed by atoms with E-state index in [-0.39, 0.29) is 0 Å². The molecule has 0 bridgehead atoms. The van der Waals surface area contributed by atoms with Crippen LogP contribution in [-0.4, -0.2) is 11.5 Å². The minimum Gasteiger partial charge on any atom is -0.299 e. The zero-order valence-corrected chi connectivity index (χ0v) is 9.51. The molecule has 0 radical (unpaired) electrons. The second-order valence-electron chi connectivity index (χ2n) is 3.74. The molecular weight excluding hydrogens is 192 g/mol. The molecule has 0 unspecified atom stereocenters. The molecule has 2 heteroatoms. The van der Waals surface area contributed by atoms with Crippen molar-refractivity contribution in [3.63, 3.8) is 0 Å². The van der Waals surface area contributed by atoms with Gasteiger partial charge in [0, 0.05) is 11.3 Å². The molecule has 1 aromatic carbocycles. The Labute approximate surface area is 89.9 Å². The molecule has 0 saturated heterocycles. The van der Waals surface area contributed by atoms with E-state index in [4.69, 9.17) is 0 Å². The molecule has 0 saturated carbocycles. The molecule has 76 valence electrons. The standard InChI is InChI=1S/C12H16OS/c1-10(2)8-11(13)9-14-12-6-4-3-5-7-12/h3-7,10H,8-9H2,1-2H3. The molecule has 0 aliphatic carbocycles.